The van der Waals surface area contributed by atoms with Gasteiger partial charge in [0.25, 0.3) is 11.8 Å². The number of rotatable bonds is 5. The van der Waals surface area contributed by atoms with E-state index in [-0.39, 0.29) is 10.6 Å². The zero-order chi connectivity index (χ0) is 19.3. The van der Waals surface area contributed by atoms with Gasteiger partial charge in [-0.3, -0.25) is 20.4 Å². The van der Waals surface area contributed by atoms with E-state index in [2.05, 4.69) is 24.7 Å². The van der Waals surface area contributed by atoms with Crippen molar-refractivity contribution in [2.75, 3.05) is 0 Å². The number of ether oxygens (including phenoxy) is 1. The van der Waals surface area contributed by atoms with Crippen LogP contribution in [0, 0.1) is 0 Å². The molecule has 0 aliphatic heterocycles. The molecule has 2 amide bonds. The molecular formula is C19H20Cl2N2O3. The molecule has 0 aromatic heterocycles. The van der Waals surface area contributed by atoms with Gasteiger partial charge in [0.05, 0.1) is 10.6 Å². The summed E-state index contributed by atoms with van der Waals surface area (Å²) in [5.41, 5.74) is 6.01. The van der Waals surface area contributed by atoms with Crippen LogP contribution in [0.15, 0.2) is 42.5 Å². The summed E-state index contributed by atoms with van der Waals surface area (Å²) >= 11 is 11.8. The molecule has 0 bridgehead atoms. The second-order valence-electron chi connectivity index (χ2n) is 6.05. The average Bonchev–Trinajstić information content (AvgIpc) is 2.59. The number of benzene rings is 2. The molecule has 0 aliphatic rings. The summed E-state index contributed by atoms with van der Waals surface area (Å²) in [6, 6.07) is 12.0. The largest absolute Gasteiger partial charge is 0.481 e. The summed E-state index contributed by atoms with van der Waals surface area (Å²) in [5.74, 6) is -0.0475. The van der Waals surface area contributed by atoms with Crippen molar-refractivity contribution in [2.24, 2.45) is 0 Å². The molecule has 5 nitrogen and oxygen atoms in total. The van der Waals surface area contributed by atoms with Crippen LogP contribution < -0.4 is 15.6 Å². The highest BCUT2D eigenvalue weighted by Crippen LogP contribution is 2.21. The van der Waals surface area contributed by atoms with Crippen molar-refractivity contribution < 1.29 is 14.3 Å². The van der Waals surface area contributed by atoms with Gasteiger partial charge < -0.3 is 4.74 Å². The monoisotopic (exact) mass is 394 g/mol. The first-order valence-corrected chi connectivity index (χ1v) is 8.85. The average molecular weight is 395 g/mol. The Morgan fingerprint density at radius 2 is 1.62 bits per heavy atom. The van der Waals surface area contributed by atoms with Crippen molar-refractivity contribution in [3.05, 3.63) is 63.6 Å². The third-order valence-electron chi connectivity index (χ3n) is 3.70. The minimum atomic E-state index is -0.791. The zero-order valence-electron chi connectivity index (χ0n) is 14.7. The summed E-state index contributed by atoms with van der Waals surface area (Å²) in [7, 11) is 0. The molecule has 0 spiro atoms. The van der Waals surface area contributed by atoms with Crippen molar-refractivity contribution in [2.45, 2.75) is 32.8 Å². The Morgan fingerprint density at radius 1 is 0.962 bits per heavy atom. The second kappa shape index (κ2) is 8.92. The van der Waals surface area contributed by atoms with Crippen LogP contribution in [0.4, 0.5) is 0 Å². The van der Waals surface area contributed by atoms with Gasteiger partial charge in [0.15, 0.2) is 6.10 Å². The standard InChI is InChI=1S/C19H20Cl2N2O3/c1-11(2)13-4-7-15(8-5-13)26-12(3)18(24)22-23-19(25)16-9-6-14(20)10-17(16)21/h4-12H,1-3H3,(H,22,24)(H,23,25). The number of hydrogen-bond acceptors (Lipinski definition) is 3. The molecule has 0 saturated heterocycles. The molecule has 0 aliphatic carbocycles. The Kier molecular flexibility index (Phi) is 6.89. The molecular weight excluding hydrogens is 375 g/mol. The smallest absolute Gasteiger partial charge is 0.279 e. The summed E-state index contributed by atoms with van der Waals surface area (Å²) in [4.78, 5) is 24.2. The van der Waals surface area contributed by atoms with E-state index in [9.17, 15) is 9.59 Å². The minimum Gasteiger partial charge on any atom is -0.481 e. The van der Waals surface area contributed by atoms with Crippen LogP contribution in [0.3, 0.4) is 0 Å². The molecule has 26 heavy (non-hydrogen) atoms. The lowest BCUT2D eigenvalue weighted by Crippen LogP contribution is -2.47. The van der Waals surface area contributed by atoms with Gasteiger partial charge in [0.2, 0.25) is 0 Å². The molecule has 2 rings (SSSR count). The Hall–Kier alpha value is -2.24. The summed E-state index contributed by atoms with van der Waals surface area (Å²) in [5, 5.41) is 0.611. The Labute approximate surface area is 162 Å². The fourth-order valence-electron chi connectivity index (χ4n) is 2.15. The lowest BCUT2D eigenvalue weighted by molar-refractivity contribution is -0.128. The topological polar surface area (TPSA) is 67.4 Å². The zero-order valence-corrected chi connectivity index (χ0v) is 16.2. The van der Waals surface area contributed by atoms with Gasteiger partial charge in [-0.05, 0) is 48.7 Å². The first-order valence-electron chi connectivity index (χ1n) is 8.09. The predicted octanol–water partition coefficient (Wildman–Crippen LogP) is 4.35. The highest BCUT2D eigenvalue weighted by Gasteiger charge is 2.17. The van der Waals surface area contributed by atoms with Crippen molar-refractivity contribution >= 4 is 35.0 Å². The van der Waals surface area contributed by atoms with Crippen LogP contribution in [0.5, 0.6) is 5.75 Å². The fraction of sp³-hybridized carbons (Fsp3) is 0.263. The predicted molar refractivity (Wildman–Crippen MR) is 103 cm³/mol. The molecule has 1 atom stereocenters. The Balaban J connectivity index is 1.89. The molecule has 2 N–H and O–H groups in total. The first kappa shape index (κ1) is 20.1. The van der Waals surface area contributed by atoms with E-state index < -0.39 is 17.9 Å². The van der Waals surface area contributed by atoms with E-state index in [1.165, 1.54) is 23.8 Å². The number of carbonyl (C=O) groups excluding carboxylic acids is 2. The second-order valence-corrected chi connectivity index (χ2v) is 6.89. The summed E-state index contributed by atoms with van der Waals surface area (Å²) in [6.45, 7) is 5.79. The van der Waals surface area contributed by atoms with E-state index >= 15 is 0 Å². The summed E-state index contributed by atoms with van der Waals surface area (Å²) in [6.07, 6.45) is -0.791. The van der Waals surface area contributed by atoms with Gasteiger partial charge in [-0.15, -0.1) is 0 Å². The van der Waals surface area contributed by atoms with Gasteiger partial charge >= 0.3 is 0 Å². The molecule has 0 radical (unpaired) electrons. The van der Waals surface area contributed by atoms with Crippen LogP contribution in [0.1, 0.15) is 42.6 Å². The molecule has 0 fully saturated rings. The lowest BCUT2D eigenvalue weighted by Gasteiger charge is -2.16. The number of hydrazine groups is 1. The maximum atomic E-state index is 12.1. The van der Waals surface area contributed by atoms with Crippen molar-refractivity contribution in [3.63, 3.8) is 0 Å². The number of carbonyl (C=O) groups is 2. The van der Waals surface area contributed by atoms with Gasteiger partial charge in [-0.2, -0.15) is 0 Å². The number of halogens is 2. The molecule has 0 heterocycles. The molecule has 1 unspecified atom stereocenters. The van der Waals surface area contributed by atoms with Crippen LogP contribution >= 0.6 is 23.2 Å². The lowest BCUT2D eigenvalue weighted by atomic mass is 10.0. The molecule has 2 aromatic rings. The molecule has 0 saturated carbocycles. The van der Waals surface area contributed by atoms with E-state index in [1.54, 1.807) is 6.92 Å². The maximum Gasteiger partial charge on any atom is 0.279 e. The van der Waals surface area contributed by atoms with E-state index in [0.29, 0.717) is 16.7 Å². The van der Waals surface area contributed by atoms with Crippen LogP contribution in [0.2, 0.25) is 10.0 Å². The van der Waals surface area contributed by atoms with Gasteiger partial charge in [0, 0.05) is 5.02 Å². The molecule has 138 valence electrons. The van der Waals surface area contributed by atoms with Crippen molar-refractivity contribution in [1.29, 1.82) is 0 Å². The van der Waals surface area contributed by atoms with Crippen LogP contribution in [0.25, 0.3) is 0 Å². The number of amides is 2. The summed E-state index contributed by atoms with van der Waals surface area (Å²) < 4.78 is 5.58. The highest BCUT2D eigenvalue weighted by molar-refractivity contribution is 6.36. The van der Waals surface area contributed by atoms with Crippen LogP contribution in [-0.2, 0) is 4.79 Å². The van der Waals surface area contributed by atoms with E-state index in [1.807, 2.05) is 24.3 Å². The maximum absolute atomic E-state index is 12.1. The van der Waals surface area contributed by atoms with Crippen LogP contribution in [-0.4, -0.2) is 17.9 Å². The van der Waals surface area contributed by atoms with Gasteiger partial charge in [-0.25, -0.2) is 0 Å². The van der Waals surface area contributed by atoms with E-state index in [4.69, 9.17) is 27.9 Å². The fourth-order valence-corrected chi connectivity index (χ4v) is 2.64. The Morgan fingerprint density at radius 3 is 2.19 bits per heavy atom. The normalized spacial score (nSPS) is 11.8. The first-order chi connectivity index (χ1) is 12.3. The molecule has 2 aromatic carbocycles. The Bertz CT molecular complexity index is 792. The van der Waals surface area contributed by atoms with Crippen molar-refractivity contribution in [3.8, 4) is 5.75 Å². The number of nitrogens with one attached hydrogen (secondary N) is 2. The third-order valence-corrected chi connectivity index (χ3v) is 4.25. The highest BCUT2D eigenvalue weighted by atomic mass is 35.5. The van der Waals surface area contributed by atoms with Gasteiger partial charge in [0.1, 0.15) is 5.75 Å². The van der Waals surface area contributed by atoms with Gasteiger partial charge in [-0.1, -0.05) is 49.2 Å². The van der Waals surface area contributed by atoms with E-state index in [0.717, 1.165) is 0 Å². The SMILES string of the molecule is CC(Oc1ccc(C(C)C)cc1)C(=O)NNC(=O)c1ccc(Cl)cc1Cl. The minimum absolute atomic E-state index is 0.193. The molecule has 7 heteroatoms. The third kappa shape index (κ3) is 5.38. The quantitative estimate of drug-likeness (QED) is 0.740. The number of hydrogen-bond donors (Lipinski definition) is 2. The van der Waals surface area contributed by atoms with Crippen molar-refractivity contribution in [1.82, 2.24) is 10.9 Å².